The van der Waals surface area contributed by atoms with Crippen LogP contribution in [0.5, 0.6) is 11.5 Å². The van der Waals surface area contributed by atoms with Gasteiger partial charge in [-0.3, -0.25) is 4.57 Å². The summed E-state index contributed by atoms with van der Waals surface area (Å²) in [7, 11) is 0. The number of benzene rings is 10. The zero-order chi connectivity index (χ0) is 60.4. The summed E-state index contributed by atoms with van der Waals surface area (Å²) in [5.41, 5.74) is 2.19. The van der Waals surface area contributed by atoms with Crippen LogP contribution in [0.2, 0.25) is 0 Å². The van der Waals surface area contributed by atoms with Gasteiger partial charge in [0.25, 0.3) is 6.33 Å². The van der Waals surface area contributed by atoms with Gasteiger partial charge in [0, 0.05) is 82.8 Å². The van der Waals surface area contributed by atoms with E-state index >= 15 is 35.1 Å². The molecule has 6 nitrogen and oxygen atoms in total. The predicted molar refractivity (Wildman–Crippen MR) is 326 cm³/mol. The fraction of sp³-hybridized carbons (Fsp3) is 0.108. The molecule has 0 atom stereocenters. The van der Waals surface area contributed by atoms with Gasteiger partial charge >= 0.3 is 23.7 Å². The number of hydrogen-bond acceptors (Lipinski definition) is 2. The Labute approximate surface area is 518 Å². The zero-order valence-electron chi connectivity index (χ0n) is 47.3. The Morgan fingerprint density at radius 3 is 1.70 bits per heavy atom. The van der Waals surface area contributed by atoms with Crippen molar-refractivity contribution in [2.45, 2.75) is 49.9 Å². The van der Waals surface area contributed by atoms with E-state index in [1.165, 1.54) is 21.3 Å². The summed E-state index contributed by atoms with van der Waals surface area (Å²) in [6, 6.07) is 69.8. The molecular formula is C74H45F8N5OPt-2. The van der Waals surface area contributed by atoms with Crippen LogP contribution in [0.15, 0.2) is 219 Å². The Kier molecular flexibility index (Phi) is 12.4. The van der Waals surface area contributed by atoms with Crippen LogP contribution in [0.1, 0.15) is 37.5 Å². The molecule has 4 aromatic heterocycles. The molecule has 14 aromatic rings. The van der Waals surface area contributed by atoms with Gasteiger partial charge in [-0.25, -0.2) is 4.98 Å². The number of pyridine rings is 1. The predicted octanol–water partition coefficient (Wildman–Crippen LogP) is 19.4. The normalized spacial score (nSPS) is 15.2. The quantitative estimate of drug-likeness (QED) is 0.0946. The Balaban J connectivity index is 0.00000663. The molecule has 1 aliphatic heterocycles. The van der Waals surface area contributed by atoms with Crippen LogP contribution in [0, 0.1) is 18.5 Å². The number of fused-ring (bicyclic) bond motifs is 15. The average Bonchev–Trinajstić information content (AvgIpc) is 1.60. The Bertz CT molecular complexity index is 5220. The zero-order valence-corrected chi connectivity index (χ0v) is 49.5. The van der Waals surface area contributed by atoms with Crippen molar-refractivity contribution in [2.24, 2.45) is 0 Å². The van der Waals surface area contributed by atoms with Crippen molar-refractivity contribution in [2.75, 3.05) is 0 Å². The van der Waals surface area contributed by atoms with Gasteiger partial charge in [0.2, 0.25) is 0 Å². The molecule has 0 saturated heterocycles. The third kappa shape index (κ3) is 7.91. The van der Waals surface area contributed by atoms with Crippen molar-refractivity contribution in [1.82, 2.24) is 18.7 Å². The van der Waals surface area contributed by atoms with Crippen molar-refractivity contribution in [1.29, 1.82) is 0 Å². The van der Waals surface area contributed by atoms with Gasteiger partial charge < -0.3 is 18.4 Å². The van der Waals surface area contributed by atoms with Gasteiger partial charge in [0.15, 0.2) is 0 Å². The molecule has 0 unspecified atom stereocenters. The number of rotatable bonds is 6. The first kappa shape index (κ1) is 55.9. The summed E-state index contributed by atoms with van der Waals surface area (Å²) in [5, 5.41) is 3.69. The van der Waals surface area contributed by atoms with Crippen LogP contribution >= 0.6 is 0 Å². The first-order chi connectivity index (χ1) is 42.3. The van der Waals surface area contributed by atoms with Crippen molar-refractivity contribution in [3.63, 3.8) is 0 Å². The topological polar surface area (TPSA) is 40.8 Å². The van der Waals surface area contributed by atoms with Crippen LogP contribution < -0.4 is 9.30 Å². The molecule has 0 spiro atoms. The van der Waals surface area contributed by atoms with E-state index in [-0.39, 0.29) is 65.8 Å². The Hall–Kier alpha value is -9.65. The van der Waals surface area contributed by atoms with Crippen molar-refractivity contribution in [3.05, 3.63) is 254 Å². The van der Waals surface area contributed by atoms with Crippen molar-refractivity contribution < 1.29 is 65.5 Å². The number of ether oxygens (including phenoxy) is 1. The molecule has 0 bridgehead atoms. The van der Waals surface area contributed by atoms with Crippen molar-refractivity contribution >= 4 is 54.6 Å². The van der Waals surface area contributed by atoms with Gasteiger partial charge in [0.05, 0.1) is 16.7 Å². The second kappa shape index (κ2) is 19.7. The summed E-state index contributed by atoms with van der Waals surface area (Å²) in [6.07, 6.45) is 5.08. The number of alkyl halides is 8. The summed E-state index contributed by atoms with van der Waals surface area (Å²) in [4.78, 5) is 4.90. The number of para-hydroxylation sites is 4. The van der Waals surface area contributed by atoms with Crippen LogP contribution in [0.4, 0.5) is 35.1 Å². The fourth-order valence-electron chi connectivity index (χ4n) is 13.2. The minimum atomic E-state index is -6.57. The second-order valence-electron chi connectivity index (χ2n) is 23.4. The number of imidazole rings is 1. The van der Waals surface area contributed by atoms with Crippen LogP contribution in [-0.4, -0.2) is 30.5 Å². The van der Waals surface area contributed by atoms with Gasteiger partial charge in [-0.15, -0.1) is 24.3 Å². The van der Waals surface area contributed by atoms with E-state index in [1.54, 1.807) is 72.9 Å². The maximum absolute atomic E-state index is 17.3. The summed E-state index contributed by atoms with van der Waals surface area (Å²) >= 11 is 0. The fourth-order valence-corrected chi connectivity index (χ4v) is 13.2. The van der Waals surface area contributed by atoms with Crippen LogP contribution in [-0.2, 0) is 38.3 Å². The van der Waals surface area contributed by atoms with E-state index in [1.807, 2.05) is 126 Å². The molecule has 0 N–H and O–H groups in total. The van der Waals surface area contributed by atoms with Crippen LogP contribution in [0.25, 0.3) is 122 Å². The van der Waals surface area contributed by atoms with Crippen LogP contribution in [0.3, 0.4) is 0 Å². The number of hydrogen-bond donors (Lipinski definition) is 0. The first-order valence-electron chi connectivity index (χ1n) is 28.5. The molecule has 15 heteroatoms. The second-order valence-corrected chi connectivity index (χ2v) is 23.4. The molecule has 16 rings (SSSR count). The molecule has 0 radical (unpaired) electrons. The summed E-state index contributed by atoms with van der Waals surface area (Å²) in [5.74, 6) is -23.9. The minimum Gasteiger partial charge on any atom is -0.508 e. The number of halogens is 8. The minimum absolute atomic E-state index is 0. The molecular weight excluding hydrogens is 1320 g/mol. The van der Waals surface area contributed by atoms with Crippen molar-refractivity contribution in [3.8, 4) is 78.9 Å². The van der Waals surface area contributed by atoms with Gasteiger partial charge in [-0.1, -0.05) is 183 Å². The van der Waals surface area contributed by atoms with E-state index < -0.39 is 40.4 Å². The maximum Gasteiger partial charge on any atom is 0.382 e. The Morgan fingerprint density at radius 1 is 0.494 bits per heavy atom. The van der Waals surface area contributed by atoms with E-state index in [9.17, 15) is 0 Å². The smallest absolute Gasteiger partial charge is 0.382 e. The third-order valence-corrected chi connectivity index (χ3v) is 17.4. The monoisotopic (exact) mass is 1370 g/mol. The van der Waals surface area contributed by atoms with E-state index in [0.29, 0.717) is 56.6 Å². The summed E-state index contributed by atoms with van der Waals surface area (Å²) < 4.78 is 147. The molecule has 1 aliphatic carbocycles. The standard InChI is InChI=1S/C74H45F8N5O.Pt/c1-70(2,3)44-35-36-83-65(37-44)87-60-34-16-13-28-53(60)56-39-62(86-58-32-14-11-26-51(58)52-27-12-15-33-59(52)86)64(41-61(56)87)88-46-22-17-21-45(38-46)84-42-85-68-47(43-19-5-4-6-20-43)30-18-31-55(68)50-25-8-7-23-48(50)49-24-9-10-29-54(49)66-67-57(40-63(84)69(66)85)71(75,76)73(79,80)74(81,82)72(67,77)78;/h4-37,39-40H,1-3H3;/q-2;. The first-order valence-corrected chi connectivity index (χ1v) is 28.5. The molecule has 0 amide bonds. The molecule has 5 heterocycles. The SMILES string of the molecule is CC(C)(C)c1ccnc(-n2c3[c-]c(Oc4[c-]c(-n5[c-][n+]6c7c(c8c(cc75)C(F)(F)C(F)(F)C(F)(F)C8(F)F)-c5ccccc5-c5ccccc5-c5cccc(-c7ccccc7)c5-6)ccc4)c(-n4c5ccccc5c5ccccc54)cc3c3ccccc32)c1.[Pt]. The molecule has 0 fully saturated rings. The number of nitrogens with zero attached hydrogens (tertiary/aromatic N) is 5. The van der Waals surface area contributed by atoms with Gasteiger partial charge in [0.1, 0.15) is 5.82 Å². The molecule has 0 saturated carbocycles. The largest absolute Gasteiger partial charge is 0.508 e. The number of aromatic nitrogens is 5. The molecule has 89 heavy (non-hydrogen) atoms. The van der Waals surface area contributed by atoms with E-state index in [0.717, 1.165) is 43.7 Å². The van der Waals surface area contributed by atoms with E-state index in [2.05, 4.69) is 49.9 Å². The molecule has 10 aromatic carbocycles. The van der Waals surface area contributed by atoms with Gasteiger partial charge in [-0.2, -0.15) is 47.3 Å². The average molecular weight is 1370 g/mol. The Morgan fingerprint density at radius 2 is 1.03 bits per heavy atom. The third-order valence-electron chi connectivity index (χ3n) is 17.4. The van der Waals surface area contributed by atoms with E-state index in [4.69, 9.17) is 9.72 Å². The van der Waals surface area contributed by atoms with Gasteiger partial charge in [-0.05, 0) is 103 Å². The summed E-state index contributed by atoms with van der Waals surface area (Å²) in [6.45, 7) is 6.38. The molecule has 440 valence electrons. The maximum atomic E-state index is 17.3. The molecule has 2 aliphatic rings.